The average Bonchev–Trinajstić information content (AvgIpc) is 2.33. The van der Waals surface area contributed by atoms with Crippen LogP contribution in [0.25, 0.3) is 0 Å². The molecule has 0 aliphatic heterocycles. The number of methoxy groups -OCH3 is 1. The van der Waals surface area contributed by atoms with Gasteiger partial charge in [0.25, 0.3) is 5.91 Å². The Morgan fingerprint density at radius 1 is 1.61 bits per heavy atom. The van der Waals surface area contributed by atoms with Gasteiger partial charge in [0.1, 0.15) is 5.82 Å². The third kappa shape index (κ3) is 4.31. The van der Waals surface area contributed by atoms with E-state index in [1.165, 1.54) is 19.2 Å². The number of nitrogens with one attached hydrogen (secondary N) is 1. The number of carbonyl (C=O) groups excluding carboxylic acids is 1. The standard InChI is InChI=1S/C12H17FN2O3/c1-18-7-9(16)4-5-15-12(17)8-2-3-10(13)11(14)6-8/h2-3,6,9,16H,4-5,7,14H2,1H3,(H,15,17). The lowest BCUT2D eigenvalue weighted by Crippen LogP contribution is -2.28. The van der Waals surface area contributed by atoms with E-state index in [1.807, 2.05) is 0 Å². The van der Waals surface area contributed by atoms with Crippen molar-refractivity contribution >= 4 is 11.6 Å². The van der Waals surface area contributed by atoms with Gasteiger partial charge < -0.3 is 20.9 Å². The van der Waals surface area contributed by atoms with Gasteiger partial charge in [0.05, 0.1) is 18.4 Å². The van der Waals surface area contributed by atoms with E-state index in [4.69, 9.17) is 10.5 Å². The Morgan fingerprint density at radius 3 is 2.94 bits per heavy atom. The predicted molar refractivity (Wildman–Crippen MR) is 65.6 cm³/mol. The highest BCUT2D eigenvalue weighted by molar-refractivity contribution is 5.94. The van der Waals surface area contributed by atoms with Crippen molar-refractivity contribution in [3.8, 4) is 0 Å². The molecule has 0 aromatic heterocycles. The van der Waals surface area contributed by atoms with E-state index < -0.39 is 11.9 Å². The summed E-state index contributed by atoms with van der Waals surface area (Å²) in [6.45, 7) is 0.528. The number of ether oxygens (including phenoxy) is 1. The first-order valence-electron chi connectivity index (χ1n) is 5.54. The molecule has 1 atom stereocenters. The van der Waals surface area contributed by atoms with Crippen LogP contribution in [-0.2, 0) is 4.74 Å². The van der Waals surface area contributed by atoms with Gasteiger partial charge in [-0.15, -0.1) is 0 Å². The predicted octanol–water partition coefficient (Wildman–Crippen LogP) is 0.535. The lowest BCUT2D eigenvalue weighted by atomic mass is 10.2. The zero-order valence-corrected chi connectivity index (χ0v) is 10.1. The van der Waals surface area contributed by atoms with Crippen LogP contribution in [0.3, 0.4) is 0 Å². The van der Waals surface area contributed by atoms with Crippen molar-refractivity contribution in [3.05, 3.63) is 29.6 Å². The third-order valence-electron chi connectivity index (χ3n) is 2.38. The number of amides is 1. The summed E-state index contributed by atoms with van der Waals surface area (Å²) in [7, 11) is 1.49. The van der Waals surface area contributed by atoms with Crippen LogP contribution in [0.5, 0.6) is 0 Å². The van der Waals surface area contributed by atoms with Gasteiger partial charge in [-0.25, -0.2) is 4.39 Å². The van der Waals surface area contributed by atoms with Gasteiger partial charge in [-0.2, -0.15) is 0 Å². The second kappa shape index (κ2) is 6.93. The number of hydrogen-bond acceptors (Lipinski definition) is 4. The van der Waals surface area contributed by atoms with E-state index in [1.54, 1.807) is 0 Å². The van der Waals surface area contributed by atoms with E-state index in [0.29, 0.717) is 13.0 Å². The van der Waals surface area contributed by atoms with Crippen LogP contribution in [-0.4, -0.2) is 37.4 Å². The highest BCUT2D eigenvalue weighted by Crippen LogP contribution is 2.11. The van der Waals surface area contributed by atoms with Gasteiger partial charge in [-0.1, -0.05) is 0 Å². The van der Waals surface area contributed by atoms with Crippen molar-refractivity contribution in [1.29, 1.82) is 0 Å². The summed E-state index contributed by atoms with van der Waals surface area (Å²) in [5, 5.41) is 12.0. The van der Waals surface area contributed by atoms with Gasteiger partial charge in [0, 0.05) is 19.2 Å². The van der Waals surface area contributed by atoms with E-state index in [9.17, 15) is 14.3 Å². The molecular formula is C12H17FN2O3. The molecule has 4 N–H and O–H groups in total. The molecule has 1 aromatic rings. The molecule has 5 nitrogen and oxygen atoms in total. The molecule has 6 heteroatoms. The topological polar surface area (TPSA) is 84.6 Å². The van der Waals surface area contributed by atoms with Crippen LogP contribution in [0, 0.1) is 5.82 Å². The van der Waals surface area contributed by atoms with Crippen molar-refractivity contribution in [2.75, 3.05) is 26.0 Å². The van der Waals surface area contributed by atoms with Gasteiger partial charge >= 0.3 is 0 Å². The van der Waals surface area contributed by atoms with Crippen LogP contribution in [0.15, 0.2) is 18.2 Å². The molecular weight excluding hydrogens is 239 g/mol. The molecule has 0 saturated carbocycles. The van der Waals surface area contributed by atoms with Gasteiger partial charge in [-0.05, 0) is 24.6 Å². The van der Waals surface area contributed by atoms with E-state index in [2.05, 4.69) is 5.32 Å². The second-order valence-corrected chi connectivity index (χ2v) is 3.89. The van der Waals surface area contributed by atoms with Crippen LogP contribution < -0.4 is 11.1 Å². The summed E-state index contributed by atoms with van der Waals surface area (Å²) in [6.07, 6.45) is -0.232. The van der Waals surface area contributed by atoms with Gasteiger partial charge in [0.15, 0.2) is 0 Å². The maximum Gasteiger partial charge on any atom is 0.251 e. The number of nitrogens with two attached hydrogens (primary N) is 1. The first-order chi connectivity index (χ1) is 8.54. The second-order valence-electron chi connectivity index (χ2n) is 3.89. The van der Waals surface area contributed by atoms with Gasteiger partial charge in [-0.3, -0.25) is 4.79 Å². The number of anilines is 1. The molecule has 0 aliphatic carbocycles. The molecule has 1 rings (SSSR count). The van der Waals surface area contributed by atoms with Crippen molar-refractivity contribution in [1.82, 2.24) is 5.32 Å². The zero-order chi connectivity index (χ0) is 13.5. The monoisotopic (exact) mass is 256 g/mol. The molecule has 0 fully saturated rings. The quantitative estimate of drug-likeness (QED) is 0.648. The summed E-state index contributed by atoms with van der Waals surface area (Å²) >= 11 is 0. The normalized spacial score (nSPS) is 12.2. The Bertz CT molecular complexity index is 412. The van der Waals surface area contributed by atoms with Crippen LogP contribution in [0.1, 0.15) is 16.8 Å². The van der Waals surface area contributed by atoms with Crippen molar-refractivity contribution in [2.45, 2.75) is 12.5 Å². The lowest BCUT2D eigenvalue weighted by molar-refractivity contribution is 0.0587. The minimum atomic E-state index is -0.617. The van der Waals surface area contributed by atoms with Crippen molar-refractivity contribution in [3.63, 3.8) is 0 Å². The molecule has 0 heterocycles. The molecule has 1 amide bonds. The number of rotatable bonds is 6. The Morgan fingerprint density at radius 2 is 2.33 bits per heavy atom. The SMILES string of the molecule is COCC(O)CCNC(=O)c1ccc(F)c(N)c1. The van der Waals surface area contributed by atoms with Crippen LogP contribution in [0.4, 0.5) is 10.1 Å². The number of aliphatic hydroxyl groups excluding tert-OH is 1. The largest absolute Gasteiger partial charge is 0.396 e. The summed E-state index contributed by atoms with van der Waals surface area (Å²) in [5.74, 6) is -0.909. The number of aliphatic hydroxyl groups is 1. The Hall–Kier alpha value is -1.66. The molecule has 1 aromatic carbocycles. The maximum atomic E-state index is 12.9. The molecule has 18 heavy (non-hydrogen) atoms. The van der Waals surface area contributed by atoms with Crippen LogP contribution >= 0.6 is 0 Å². The number of benzene rings is 1. The maximum absolute atomic E-state index is 12.9. The molecule has 0 spiro atoms. The lowest BCUT2D eigenvalue weighted by Gasteiger charge is -2.10. The van der Waals surface area contributed by atoms with Crippen LogP contribution in [0.2, 0.25) is 0 Å². The number of hydrogen-bond donors (Lipinski definition) is 3. The summed E-state index contributed by atoms with van der Waals surface area (Å²) in [6, 6.07) is 3.77. The number of halogens is 1. The van der Waals surface area contributed by atoms with Crippen molar-refractivity contribution in [2.24, 2.45) is 0 Å². The molecule has 1 unspecified atom stereocenters. The Kier molecular flexibility index (Phi) is 5.54. The Labute approximate surface area is 105 Å². The molecule has 0 saturated heterocycles. The summed E-state index contributed by atoms with van der Waals surface area (Å²) < 4.78 is 17.7. The molecule has 0 bridgehead atoms. The average molecular weight is 256 g/mol. The Balaban J connectivity index is 2.43. The minimum Gasteiger partial charge on any atom is -0.396 e. The minimum absolute atomic E-state index is 0.0675. The molecule has 0 aliphatic rings. The van der Waals surface area contributed by atoms with Crippen molar-refractivity contribution < 1.29 is 19.0 Å². The summed E-state index contributed by atoms with van der Waals surface area (Å²) in [4.78, 5) is 11.6. The fraction of sp³-hybridized carbons (Fsp3) is 0.417. The smallest absolute Gasteiger partial charge is 0.251 e. The van der Waals surface area contributed by atoms with E-state index >= 15 is 0 Å². The fourth-order valence-electron chi connectivity index (χ4n) is 1.42. The summed E-state index contributed by atoms with van der Waals surface area (Å²) in [5.41, 5.74) is 5.58. The highest BCUT2D eigenvalue weighted by Gasteiger charge is 2.09. The first kappa shape index (κ1) is 14.4. The van der Waals surface area contributed by atoms with Gasteiger partial charge in [0.2, 0.25) is 0 Å². The first-order valence-corrected chi connectivity index (χ1v) is 5.54. The zero-order valence-electron chi connectivity index (χ0n) is 10.1. The number of carbonyl (C=O) groups is 1. The molecule has 100 valence electrons. The van der Waals surface area contributed by atoms with E-state index in [-0.39, 0.29) is 23.8 Å². The third-order valence-corrected chi connectivity index (χ3v) is 2.38. The van der Waals surface area contributed by atoms with E-state index in [0.717, 1.165) is 6.07 Å². The molecule has 0 radical (unpaired) electrons. The fourth-order valence-corrected chi connectivity index (χ4v) is 1.42. The number of nitrogen functional groups attached to an aromatic ring is 1. The highest BCUT2D eigenvalue weighted by atomic mass is 19.1.